The van der Waals surface area contributed by atoms with Crippen LogP contribution in [-0.4, -0.2) is 34.9 Å². The van der Waals surface area contributed by atoms with Crippen LogP contribution in [0, 0.1) is 0 Å². The number of hydrogen-bond acceptors (Lipinski definition) is 2. The lowest BCUT2D eigenvalue weighted by atomic mass is 9.94. The van der Waals surface area contributed by atoms with Gasteiger partial charge in [-0.3, -0.25) is 10.2 Å². The lowest BCUT2D eigenvalue weighted by Crippen LogP contribution is -2.54. The van der Waals surface area contributed by atoms with Gasteiger partial charge in [-0.15, -0.1) is 0 Å². The molecule has 1 aliphatic heterocycles. The van der Waals surface area contributed by atoms with E-state index >= 15 is 0 Å². The van der Waals surface area contributed by atoms with Crippen molar-refractivity contribution in [2.24, 2.45) is 0 Å². The van der Waals surface area contributed by atoms with Gasteiger partial charge >= 0.3 is 6.09 Å². The molecule has 16 heavy (non-hydrogen) atoms. The van der Waals surface area contributed by atoms with E-state index in [0.717, 1.165) is 19.3 Å². The molecule has 92 valence electrons. The third kappa shape index (κ3) is 2.88. The zero-order valence-corrected chi connectivity index (χ0v) is 9.82. The first-order valence-corrected chi connectivity index (χ1v) is 6.53. The maximum absolute atomic E-state index is 11.1. The molecule has 4 heteroatoms. The Morgan fingerprint density at radius 3 is 2.44 bits per heavy atom. The molecule has 4 nitrogen and oxygen atoms in total. The Balaban J connectivity index is 1.87. The van der Waals surface area contributed by atoms with Crippen molar-refractivity contribution in [1.82, 2.24) is 10.2 Å². The molecule has 2 N–H and O–H groups in total. The zero-order valence-electron chi connectivity index (χ0n) is 9.82. The summed E-state index contributed by atoms with van der Waals surface area (Å²) in [5.41, 5.74) is 0. The molecule has 0 aromatic rings. The number of nitrogens with zero attached hydrogens (tertiary/aromatic N) is 1. The number of amides is 1. The molecule has 2 fully saturated rings. The van der Waals surface area contributed by atoms with E-state index in [1.807, 2.05) is 0 Å². The van der Waals surface area contributed by atoms with E-state index in [9.17, 15) is 4.79 Å². The normalized spacial score (nSPS) is 28.0. The van der Waals surface area contributed by atoms with Gasteiger partial charge in [0.1, 0.15) is 0 Å². The number of piperidine rings is 1. The van der Waals surface area contributed by atoms with E-state index in [2.05, 4.69) is 5.32 Å². The number of nitrogens with one attached hydrogen (secondary N) is 1. The fourth-order valence-corrected chi connectivity index (χ4v) is 2.88. The Kier molecular flexibility index (Phi) is 4.04. The van der Waals surface area contributed by atoms with Crippen LogP contribution in [0.4, 0.5) is 4.79 Å². The average molecular weight is 226 g/mol. The summed E-state index contributed by atoms with van der Waals surface area (Å²) in [6.45, 7) is 0.694. The van der Waals surface area contributed by atoms with E-state index in [4.69, 9.17) is 5.11 Å². The first kappa shape index (κ1) is 11.7. The van der Waals surface area contributed by atoms with Crippen molar-refractivity contribution in [1.29, 1.82) is 0 Å². The topological polar surface area (TPSA) is 52.6 Å². The fraction of sp³-hybridized carbons (Fsp3) is 0.917. The second-order valence-electron chi connectivity index (χ2n) is 4.99. The maximum Gasteiger partial charge on any atom is 0.408 e. The third-order valence-corrected chi connectivity index (χ3v) is 3.78. The highest BCUT2D eigenvalue weighted by Crippen LogP contribution is 2.21. The molecule has 0 bridgehead atoms. The van der Waals surface area contributed by atoms with Crippen molar-refractivity contribution in [2.75, 3.05) is 6.54 Å². The van der Waals surface area contributed by atoms with Crippen molar-refractivity contribution in [3.05, 3.63) is 0 Å². The van der Waals surface area contributed by atoms with E-state index in [1.165, 1.54) is 32.1 Å². The van der Waals surface area contributed by atoms with Crippen LogP contribution in [0.15, 0.2) is 0 Å². The number of likely N-dealkylation sites (tertiary alicyclic amines) is 1. The summed E-state index contributed by atoms with van der Waals surface area (Å²) in [6, 6.07) is 0.540. The Morgan fingerprint density at radius 2 is 1.75 bits per heavy atom. The monoisotopic (exact) mass is 226 g/mol. The molecule has 1 saturated heterocycles. The molecule has 0 radical (unpaired) electrons. The van der Waals surface area contributed by atoms with Crippen molar-refractivity contribution in [3.8, 4) is 0 Å². The smallest absolute Gasteiger partial charge is 0.408 e. The second kappa shape index (κ2) is 5.53. The van der Waals surface area contributed by atoms with E-state index in [1.54, 1.807) is 4.90 Å². The number of hydrogen-bond donors (Lipinski definition) is 2. The Hall–Kier alpha value is -0.770. The van der Waals surface area contributed by atoms with E-state index in [-0.39, 0.29) is 6.17 Å². The van der Waals surface area contributed by atoms with Crippen molar-refractivity contribution in [2.45, 2.75) is 63.6 Å². The molecule has 1 amide bonds. The summed E-state index contributed by atoms with van der Waals surface area (Å²) in [7, 11) is 0. The van der Waals surface area contributed by atoms with Crippen LogP contribution in [0.25, 0.3) is 0 Å². The molecule has 2 rings (SSSR count). The van der Waals surface area contributed by atoms with Crippen LogP contribution in [0.3, 0.4) is 0 Å². The highest BCUT2D eigenvalue weighted by Gasteiger charge is 2.28. The summed E-state index contributed by atoms with van der Waals surface area (Å²) in [5.74, 6) is 0. The molecule has 0 aromatic heterocycles. The quantitative estimate of drug-likeness (QED) is 0.760. The van der Waals surface area contributed by atoms with E-state index in [0.29, 0.717) is 12.6 Å². The van der Waals surface area contributed by atoms with Gasteiger partial charge in [-0.05, 0) is 32.1 Å². The van der Waals surface area contributed by atoms with Crippen molar-refractivity contribution < 1.29 is 9.90 Å². The number of carbonyl (C=O) groups is 1. The van der Waals surface area contributed by atoms with Gasteiger partial charge in [0, 0.05) is 12.6 Å². The molecule has 1 saturated carbocycles. The molecule has 1 heterocycles. The van der Waals surface area contributed by atoms with Gasteiger partial charge in [0.25, 0.3) is 0 Å². The van der Waals surface area contributed by atoms with Crippen LogP contribution in [0.2, 0.25) is 0 Å². The minimum absolute atomic E-state index is 0.0642. The Morgan fingerprint density at radius 1 is 1.06 bits per heavy atom. The molecule has 2 aliphatic rings. The average Bonchev–Trinajstić information content (AvgIpc) is 2.31. The summed E-state index contributed by atoms with van der Waals surface area (Å²) in [5, 5.41) is 12.7. The Labute approximate surface area is 97.0 Å². The van der Waals surface area contributed by atoms with Crippen LogP contribution >= 0.6 is 0 Å². The minimum atomic E-state index is -0.770. The number of carboxylic acid groups (broad SMARTS) is 1. The van der Waals surface area contributed by atoms with Crippen LogP contribution < -0.4 is 5.32 Å². The van der Waals surface area contributed by atoms with Crippen molar-refractivity contribution in [3.63, 3.8) is 0 Å². The molecular formula is C12H22N2O2. The lowest BCUT2D eigenvalue weighted by Gasteiger charge is -2.37. The van der Waals surface area contributed by atoms with Gasteiger partial charge in [-0.1, -0.05) is 19.3 Å². The highest BCUT2D eigenvalue weighted by molar-refractivity contribution is 5.65. The van der Waals surface area contributed by atoms with Gasteiger partial charge in [0.15, 0.2) is 0 Å². The second-order valence-corrected chi connectivity index (χ2v) is 4.99. The first-order chi connectivity index (χ1) is 7.77. The predicted octanol–water partition coefficient (Wildman–Crippen LogP) is 2.40. The van der Waals surface area contributed by atoms with Crippen LogP contribution in [0.5, 0.6) is 0 Å². The fourth-order valence-electron chi connectivity index (χ4n) is 2.88. The minimum Gasteiger partial charge on any atom is -0.465 e. The lowest BCUT2D eigenvalue weighted by molar-refractivity contribution is 0.0851. The van der Waals surface area contributed by atoms with E-state index < -0.39 is 6.09 Å². The largest absolute Gasteiger partial charge is 0.465 e. The third-order valence-electron chi connectivity index (χ3n) is 3.78. The zero-order chi connectivity index (χ0) is 11.4. The van der Waals surface area contributed by atoms with Gasteiger partial charge in [0.05, 0.1) is 6.17 Å². The maximum atomic E-state index is 11.1. The van der Waals surface area contributed by atoms with Gasteiger partial charge in [0.2, 0.25) is 0 Å². The molecular weight excluding hydrogens is 204 g/mol. The van der Waals surface area contributed by atoms with Gasteiger partial charge < -0.3 is 5.11 Å². The van der Waals surface area contributed by atoms with Gasteiger partial charge in [-0.2, -0.15) is 0 Å². The number of rotatable bonds is 2. The summed E-state index contributed by atoms with van der Waals surface area (Å²) in [6.07, 6.45) is 8.77. The summed E-state index contributed by atoms with van der Waals surface area (Å²) in [4.78, 5) is 12.7. The molecule has 1 unspecified atom stereocenters. The molecule has 0 aromatic carbocycles. The first-order valence-electron chi connectivity index (χ1n) is 6.53. The SMILES string of the molecule is O=C(O)N1CCCCC1NC1CCCCC1. The standard InChI is InChI=1S/C12H22N2O2/c15-12(16)14-9-5-4-8-11(14)13-10-6-2-1-3-7-10/h10-11,13H,1-9H2,(H,15,16). The molecule has 0 spiro atoms. The summed E-state index contributed by atoms with van der Waals surface area (Å²) < 4.78 is 0. The predicted molar refractivity (Wildman–Crippen MR) is 62.4 cm³/mol. The summed E-state index contributed by atoms with van der Waals surface area (Å²) >= 11 is 0. The van der Waals surface area contributed by atoms with Crippen molar-refractivity contribution >= 4 is 6.09 Å². The van der Waals surface area contributed by atoms with Crippen LogP contribution in [-0.2, 0) is 0 Å². The Bertz CT molecular complexity index is 239. The van der Waals surface area contributed by atoms with Gasteiger partial charge in [-0.25, -0.2) is 4.79 Å². The highest BCUT2D eigenvalue weighted by atomic mass is 16.4. The molecule has 1 atom stereocenters. The van der Waals surface area contributed by atoms with Crippen LogP contribution in [0.1, 0.15) is 51.4 Å². The molecule has 1 aliphatic carbocycles.